The number of aromatic amines is 1. The number of hydrogen-bond acceptors (Lipinski definition) is 5. The maximum Gasteiger partial charge on any atom is 0.264 e. The highest BCUT2D eigenvalue weighted by Gasteiger charge is 2.11. The maximum absolute atomic E-state index is 12.0. The average molecular weight is 350 g/mol. The second-order valence-electron chi connectivity index (χ2n) is 5.29. The summed E-state index contributed by atoms with van der Waals surface area (Å²) in [5.41, 5.74) is 2.53. The summed E-state index contributed by atoms with van der Waals surface area (Å²) in [6.45, 7) is -0.0659. The van der Waals surface area contributed by atoms with Crippen LogP contribution in [-0.2, 0) is 4.79 Å². The lowest BCUT2D eigenvalue weighted by Crippen LogP contribution is -2.20. The van der Waals surface area contributed by atoms with E-state index in [0.29, 0.717) is 22.4 Å². The third-order valence-electron chi connectivity index (χ3n) is 3.50. The summed E-state index contributed by atoms with van der Waals surface area (Å²) in [4.78, 5) is 24.1. The SMILES string of the molecule is O=C(COc1ccccc1)Nc1nc(-c2nc3ccccc3[nH]2)cs1. The van der Waals surface area contributed by atoms with Crippen molar-refractivity contribution >= 4 is 33.4 Å². The van der Waals surface area contributed by atoms with Crippen molar-refractivity contribution in [1.82, 2.24) is 15.0 Å². The standard InChI is InChI=1S/C18H14N4O2S/c23-16(10-24-12-6-2-1-3-7-12)22-18-21-15(11-25-18)17-19-13-8-4-5-9-14(13)20-17/h1-9,11H,10H2,(H,19,20)(H,21,22,23). The predicted octanol–water partition coefficient (Wildman–Crippen LogP) is 3.70. The van der Waals surface area contributed by atoms with Gasteiger partial charge < -0.3 is 9.72 Å². The highest BCUT2D eigenvalue weighted by Crippen LogP contribution is 2.24. The van der Waals surface area contributed by atoms with Crippen molar-refractivity contribution in [2.45, 2.75) is 0 Å². The third-order valence-corrected chi connectivity index (χ3v) is 4.25. The molecule has 0 aliphatic heterocycles. The Balaban J connectivity index is 1.41. The summed E-state index contributed by atoms with van der Waals surface area (Å²) in [6, 6.07) is 17.0. The normalized spacial score (nSPS) is 10.7. The maximum atomic E-state index is 12.0. The van der Waals surface area contributed by atoms with E-state index in [0.717, 1.165) is 11.0 Å². The Kier molecular flexibility index (Phi) is 4.14. The fourth-order valence-corrected chi connectivity index (χ4v) is 3.05. The molecule has 4 rings (SSSR count). The highest BCUT2D eigenvalue weighted by molar-refractivity contribution is 7.14. The largest absolute Gasteiger partial charge is 0.484 e. The zero-order chi connectivity index (χ0) is 17.1. The van der Waals surface area contributed by atoms with Crippen LogP contribution in [0.25, 0.3) is 22.6 Å². The number of amides is 1. The number of aromatic nitrogens is 3. The Morgan fingerprint density at radius 1 is 1.08 bits per heavy atom. The fourth-order valence-electron chi connectivity index (χ4n) is 2.33. The van der Waals surface area contributed by atoms with Crippen LogP contribution in [0.2, 0.25) is 0 Å². The summed E-state index contributed by atoms with van der Waals surface area (Å²) in [6.07, 6.45) is 0. The van der Waals surface area contributed by atoms with Gasteiger partial charge in [-0.1, -0.05) is 30.3 Å². The highest BCUT2D eigenvalue weighted by atomic mass is 32.1. The molecule has 2 aromatic carbocycles. The van der Waals surface area contributed by atoms with Crippen molar-refractivity contribution in [3.05, 3.63) is 60.0 Å². The molecule has 0 aliphatic carbocycles. The van der Waals surface area contributed by atoms with E-state index >= 15 is 0 Å². The minimum atomic E-state index is -0.255. The van der Waals surface area contributed by atoms with Crippen molar-refractivity contribution < 1.29 is 9.53 Å². The van der Waals surface area contributed by atoms with E-state index in [1.165, 1.54) is 11.3 Å². The number of H-pyrrole nitrogens is 1. The zero-order valence-electron chi connectivity index (χ0n) is 13.1. The van der Waals surface area contributed by atoms with Gasteiger partial charge in [-0.2, -0.15) is 0 Å². The molecule has 6 nitrogen and oxygen atoms in total. The first-order valence-electron chi connectivity index (χ1n) is 7.66. The number of anilines is 1. The van der Waals surface area contributed by atoms with Crippen LogP contribution < -0.4 is 10.1 Å². The van der Waals surface area contributed by atoms with Crippen molar-refractivity contribution in [2.75, 3.05) is 11.9 Å². The van der Waals surface area contributed by atoms with Gasteiger partial charge in [0.25, 0.3) is 5.91 Å². The number of ether oxygens (including phenoxy) is 1. The van der Waals surface area contributed by atoms with Crippen LogP contribution in [-0.4, -0.2) is 27.5 Å². The molecule has 7 heteroatoms. The van der Waals surface area contributed by atoms with E-state index in [1.807, 2.05) is 47.8 Å². The van der Waals surface area contributed by atoms with Gasteiger partial charge in [0.2, 0.25) is 0 Å². The van der Waals surface area contributed by atoms with Crippen LogP contribution in [0.15, 0.2) is 60.0 Å². The number of para-hydroxylation sites is 3. The van der Waals surface area contributed by atoms with Crippen molar-refractivity contribution in [1.29, 1.82) is 0 Å². The first-order valence-corrected chi connectivity index (χ1v) is 8.54. The molecule has 25 heavy (non-hydrogen) atoms. The molecule has 2 aromatic heterocycles. The van der Waals surface area contributed by atoms with Crippen LogP contribution in [0.1, 0.15) is 0 Å². The van der Waals surface area contributed by atoms with Crippen molar-refractivity contribution in [2.24, 2.45) is 0 Å². The van der Waals surface area contributed by atoms with Crippen LogP contribution >= 0.6 is 11.3 Å². The van der Waals surface area contributed by atoms with Gasteiger partial charge in [-0.15, -0.1) is 11.3 Å². The first kappa shape index (κ1) is 15.3. The second-order valence-corrected chi connectivity index (χ2v) is 6.15. The Labute approximate surface area is 147 Å². The summed E-state index contributed by atoms with van der Waals surface area (Å²) in [7, 11) is 0. The molecule has 2 heterocycles. The molecule has 0 atom stereocenters. The quantitative estimate of drug-likeness (QED) is 0.575. The lowest BCUT2D eigenvalue weighted by molar-refractivity contribution is -0.118. The van der Waals surface area contributed by atoms with Crippen LogP contribution in [0.3, 0.4) is 0 Å². The number of carbonyl (C=O) groups excluding carboxylic acids is 1. The summed E-state index contributed by atoms with van der Waals surface area (Å²) in [5.74, 6) is 1.08. The van der Waals surface area contributed by atoms with E-state index in [-0.39, 0.29) is 12.5 Å². The molecule has 0 saturated carbocycles. The van der Waals surface area contributed by atoms with Crippen LogP contribution in [0.4, 0.5) is 5.13 Å². The molecule has 1 amide bonds. The molecule has 0 saturated heterocycles. The number of nitrogens with zero attached hydrogens (tertiary/aromatic N) is 2. The van der Waals surface area contributed by atoms with E-state index in [9.17, 15) is 4.79 Å². The number of carbonyl (C=O) groups is 1. The number of thiazole rings is 1. The summed E-state index contributed by atoms with van der Waals surface area (Å²) < 4.78 is 5.42. The number of imidazole rings is 1. The monoisotopic (exact) mass is 350 g/mol. The Hall–Kier alpha value is -3.19. The van der Waals surface area contributed by atoms with Gasteiger partial charge in [0, 0.05) is 5.38 Å². The van der Waals surface area contributed by atoms with Gasteiger partial charge in [-0.05, 0) is 24.3 Å². The molecule has 0 radical (unpaired) electrons. The molecule has 0 fully saturated rings. The molecule has 0 bridgehead atoms. The van der Waals surface area contributed by atoms with Gasteiger partial charge in [-0.25, -0.2) is 9.97 Å². The molecule has 124 valence electrons. The molecule has 2 N–H and O–H groups in total. The van der Waals surface area contributed by atoms with E-state index in [4.69, 9.17) is 4.74 Å². The lowest BCUT2D eigenvalue weighted by atomic mass is 10.3. The average Bonchev–Trinajstić information content (AvgIpc) is 3.27. The molecule has 0 aliphatic rings. The minimum Gasteiger partial charge on any atom is -0.484 e. The molecule has 0 unspecified atom stereocenters. The van der Waals surface area contributed by atoms with Crippen LogP contribution in [0, 0.1) is 0 Å². The van der Waals surface area contributed by atoms with Gasteiger partial charge >= 0.3 is 0 Å². The number of hydrogen-bond donors (Lipinski definition) is 2. The van der Waals surface area contributed by atoms with Gasteiger partial charge in [-0.3, -0.25) is 10.1 Å². The first-order chi connectivity index (χ1) is 12.3. The zero-order valence-corrected chi connectivity index (χ0v) is 13.9. The smallest absolute Gasteiger partial charge is 0.264 e. The predicted molar refractivity (Wildman–Crippen MR) is 97.8 cm³/mol. The Morgan fingerprint density at radius 3 is 2.72 bits per heavy atom. The minimum absolute atomic E-state index is 0.0659. The van der Waals surface area contributed by atoms with E-state index < -0.39 is 0 Å². The Bertz CT molecular complexity index is 977. The number of rotatable bonds is 5. The molecular weight excluding hydrogens is 336 g/mol. The number of fused-ring (bicyclic) bond motifs is 1. The summed E-state index contributed by atoms with van der Waals surface area (Å²) >= 11 is 1.35. The summed E-state index contributed by atoms with van der Waals surface area (Å²) in [5, 5.41) is 5.10. The molecular formula is C18H14N4O2S. The number of benzene rings is 2. The number of nitrogens with one attached hydrogen (secondary N) is 2. The lowest BCUT2D eigenvalue weighted by Gasteiger charge is -2.05. The third kappa shape index (κ3) is 3.51. The van der Waals surface area contributed by atoms with Gasteiger partial charge in [0.1, 0.15) is 11.4 Å². The second kappa shape index (κ2) is 6.74. The van der Waals surface area contributed by atoms with Crippen molar-refractivity contribution in [3.63, 3.8) is 0 Å². The van der Waals surface area contributed by atoms with E-state index in [1.54, 1.807) is 12.1 Å². The molecule has 4 aromatic rings. The topological polar surface area (TPSA) is 79.9 Å². The van der Waals surface area contributed by atoms with Gasteiger partial charge in [0.15, 0.2) is 17.6 Å². The fraction of sp³-hybridized carbons (Fsp3) is 0.0556. The van der Waals surface area contributed by atoms with E-state index in [2.05, 4.69) is 20.3 Å². The molecule has 0 spiro atoms. The van der Waals surface area contributed by atoms with Gasteiger partial charge in [0.05, 0.1) is 11.0 Å². The Morgan fingerprint density at radius 2 is 1.88 bits per heavy atom. The van der Waals surface area contributed by atoms with Crippen LogP contribution in [0.5, 0.6) is 5.75 Å². The van der Waals surface area contributed by atoms with Crippen molar-refractivity contribution in [3.8, 4) is 17.3 Å².